The van der Waals surface area contributed by atoms with Crippen LogP contribution in [-0.2, 0) is 16.6 Å². The van der Waals surface area contributed by atoms with Gasteiger partial charge in [-0.2, -0.15) is 9.57 Å². The van der Waals surface area contributed by atoms with Gasteiger partial charge in [-0.1, -0.05) is 48.0 Å². The molecule has 0 spiro atoms. The van der Waals surface area contributed by atoms with Crippen molar-refractivity contribution in [2.24, 2.45) is 0 Å². The van der Waals surface area contributed by atoms with E-state index in [1.165, 1.54) is 16.4 Å². The predicted molar refractivity (Wildman–Crippen MR) is 125 cm³/mol. The Morgan fingerprint density at radius 2 is 1.62 bits per heavy atom. The maximum Gasteiger partial charge on any atom is 0.243 e. The van der Waals surface area contributed by atoms with Crippen molar-refractivity contribution in [3.63, 3.8) is 0 Å². The Bertz CT molecular complexity index is 1190. The summed E-state index contributed by atoms with van der Waals surface area (Å²) in [5.41, 5.74) is 1.14. The van der Waals surface area contributed by atoms with Crippen LogP contribution >= 0.6 is 11.6 Å². The van der Waals surface area contributed by atoms with E-state index in [1.54, 1.807) is 30.3 Å². The summed E-state index contributed by atoms with van der Waals surface area (Å²) in [7, 11) is 0.0886. The first-order valence-electron chi connectivity index (χ1n) is 9.96. The van der Waals surface area contributed by atoms with Crippen molar-refractivity contribution in [2.45, 2.75) is 11.4 Å². The molecule has 3 rings (SSSR count). The van der Waals surface area contributed by atoms with Crippen molar-refractivity contribution in [1.29, 1.82) is 5.26 Å². The quantitative estimate of drug-likeness (QED) is 0.452. The average Bonchev–Trinajstić information content (AvgIpc) is 2.77. The Morgan fingerprint density at radius 3 is 2.25 bits per heavy atom. The minimum Gasteiger partial charge on any atom is -0.456 e. The van der Waals surface area contributed by atoms with Crippen LogP contribution in [0.3, 0.4) is 0 Å². The molecule has 0 aliphatic heterocycles. The molecule has 32 heavy (non-hydrogen) atoms. The van der Waals surface area contributed by atoms with E-state index in [-0.39, 0.29) is 17.0 Å². The van der Waals surface area contributed by atoms with Crippen LogP contribution in [0.2, 0.25) is 5.02 Å². The van der Waals surface area contributed by atoms with Crippen LogP contribution in [0.1, 0.15) is 11.1 Å². The van der Waals surface area contributed by atoms with Gasteiger partial charge in [0.1, 0.15) is 23.1 Å². The van der Waals surface area contributed by atoms with Crippen LogP contribution in [0.15, 0.2) is 77.7 Å². The molecule has 0 bridgehead atoms. The SMILES string of the molecule is CN(C)CCN(Cc1ccccc1)S(=O)(=O)c1ccc(Oc2cccc(Cl)c2C#N)cc1. The van der Waals surface area contributed by atoms with Gasteiger partial charge in [0.15, 0.2) is 0 Å². The molecule has 166 valence electrons. The Morgan fingerprint density at radius 1 is 0.938 bits per heavy atom. The fraction of sp³-hybridized carbons (Fsp3) is 0.208. The molecule has 8 heteroatoms. The summed E-state index contributed by atoms with van der Waals surface area (Å²) < 4.78 is 34.0. The number of sulfonamides is 1. The van der Waals surface area contributed by atoms with E-state index in [0.717, 1.165) is 5.56 Å². The van der Waals surface area contributed by atoms with Crippen LogP contribution in [0.5, 0.6) is 11.5 Å². The predicted octanol–water partition coefficient (Wildman–Crippen LogP) is 4.76. The zero-order valence-corrected chi connectivity index (χ0v) is 19.5. The molecular formula is C24H24ClN3O3S. The third-order valence-corrected chi connectivity index (χ3v) is 6.95. The fourth-order valence-corrected chi connectivity index (χ4v) is 4.66. The Hall–Kier alpha value is -2.89. The number of hydrogen-bond donors (Lipinski definition) is 0. The van der Waals surface area contributed by atoms with Gasteiger partial charge in [0.2, 0.25) is 10.0 Å². The molecule has 0 amide bonds. The summed E-state index contributed by atoms with van der Waals surface area (Å²) in [5.74, 6) is 0.720. The number of likely N-dealkylation sites (N-methyl/N-ethyl adjacent to an activating group) is 1. The summed E-state index contributed by atoms with van der Waals surface area (Å²) in [6, 6.07) is 22.6. The third kappa shape index (κ3) is 5.87. The highest BCUT2D eigenvalue weighted by Crippen LogP contribution is 2.30. The van der Waals surface area contributed by atoms with E-state index < -0.39 is 10.0 Å². The standard InChI is InChI=1S/C24H24ClN3O3S/c1-27(2)15-16-28(18-19-7-4-3-5-8-19)32(29,30)21-13-11-20(12-14-21)31-24-10-6-9-23(25)22(24)17-26/h3-14H,15-16,18H2,1-2H3. The molecule has 0 N–H and O–H groups in total. The van der Waals surface area contributed by atoms with Crippen LogP contribution < -0.4 is 4.74 Å². The summed E-state index contributed by atoms with van der Waals surface area (Å²) >= 11 is 6.04. The zero-order chi connectivity index (χ0) is 23.1. The molecule has 0 fully saturated rings. The monoisotopic (exact) mass is 469 g/mol. The molecule has 3 aromatic rings. The molecule has 0 aromatic heterocycles. The molecule has 0 heterocycles. The fourth-order valence-electron chi connectivity index (χ4n) is 3.04. The first-order valence-corrected chi connectivity index (χ1v) is 11.8. The number of nitrogens with zero attached hydrogens (tertiary/aromatic N) is 3. The lowest BCUT2D eigenvalue weighted by atomic mass is 10.2. The maximum absolute atomic E-state index is 13.4. The van der Waals surface area contributed by atoms with Crippen molar-refractivity contribution in [2.75, 3.05) is 27.2 Å². The largest absolute Gasteiger partial charge is 0.456 e. The average molecular weight is 470 g/mol. The second-order valence-electron chi connectivity index (χ2n) is 7.43. The van der Waals surface area contributed by atoms with E-state index >= 15 is 0 Å². The lowest BCUT2D eigenvalue weighted by Gasteiger charge is -2.24. The van der Waals surface area contributed by atoms with Gasteiger partial charge in [-0.05, 0) is 56.1 Å². The molecule has 0 saturated heterocycles. The van der Waals surface area contributed by atoms with E-state index in [4.69, 9.17) is 16.3 Å². The number of benzene rings is 3. The molecule has 0 aliphatic carbocycles. The van der Waals surface area contributed by atoms with Gasteiger partial charge in [0.05, 0.1) is 9.92 Å². The summed E-state index contributed by atoms with van der Waals surface area (Å²) in [4.78, 5) is 2.12. The lowest BCUT2D eigenvalue weighted by Crippen LogP contribution is -2.36. The normalized spacial score (nSPS) is 11.5. The smallest absolute Gasteiger partial charge is 0.243 e. The van der Waals surface area contributed by atoms with Crippen molar-refractivity contribution >= 4 is 21.6 Å². The second-order valence-corrected chi connectivity index (χ2v) is 9.77. The number of nitriles is 1. The lowest BCUT2D eigenvalue weighted by molar-refractivity contribution is 0.329. The molecular weight excluding hydrogens is 446 g/mol. The van der Waals surface area contributed by atoms with Crippen LogP contribution in [0.4, 0.5) is 0 Å². The van der Waals surface area contributed by atoms with Gasteiger partial charge in [-0.25, -0.2) is 8.42 Å². The number of ether oxygens (including phenoxy) is 1. The minimum atomic E-state index is -3.73. The number of hydrogen-bond acceptors (Lipinski definition) is 5. The Kier molecular flexibility index (Phi) is 7.89. The second kappa shape index (κ2) is 10.6. The summed E-state index contributed by atoms with van der Waals surface area (Å²) in [5, 5.41) is 9.59. The van der Waals surface area contributed by atoms with Crippen molar-refractivity contribution in [1.82, 2.24) is 9.21 Å². The molecule has 3 aromatic carbocycles. The highest BCUT2D eigenvalue weighted by Gasteiger charge is 2.25. The van der Waals surface area contributed by atoms with E-state index in [9.17, 15) is 13.7 Å². The van der Waals surface area contributed by atoms with Gasteiger partial charge < -0.3 is 9.64 Å². The number of rotatable bonds is 9. The molecule has 0 radical (unpaired) electrons. The maximum atomic E-state index is 13.4. The summed E-state index contributed by atoms with van der Waals surface area (Å²) in [6.07, 6.45) is 0. The van der Waals surface area contributed by atoms with E-state index in [0.29, 0.717) is 29.6 Å². The van der Waals surface area contributed by atoms with Gasteiger partial charge in [0.25, 0.3) is 0 Å². The van der Waals surface area contributed by atoms with Crippen molar-refractivity contribution in [3.05, 3.63) is 88.9 Å². The highest BCUT2D eigenvalue weighted by atomic mass is 35.5. The van der Waals surface area contributed by atoms with Crippen molar-refractivity contribution in [3.8, 4) is 17.6 Å². The number of halogens is 1. The molecule has 6 nitrogen and oxygen atoms in total. The van der Waals surface area contributed by atoms with Crippen LogP contribution in [0, 0.1) is 11.3 Å². The molecule has 0 unspecified atom stereocenters. The molecule has 0 saturated carbocycles. The van der Waals surface area contributed by atoms with Gasteiger partial charge >= 0.3 is 0 Å². The third-order valence-electron chi connectivity index (χ3n) is 4.77. The van der Waals surface area contributed by atoms with Gasteiger partial charge in [-0.15, -0.1) is 0 Å². The molecule has 0 aliphatic rings. The minimum absolute atomic E-state index is 0.172. The first kappa shape index (κ1) is 23.8. The summed E-state index contributed by atoms with van der Waals surface area (Å²) in [6.45, 7) is 1.23. The van der Waals surface area contributed by atoms with Gasteiger partial charge in [-0.3, -0.25) is 0 Å². The Balaban J connectivity index is 1.84. The topological polar surface area (TPSA) is 73.6 Å². The van der Waals surface area contributed by atoms with E-state index in [2.05, 4.69) is 0 Å². The Labute approximate surface area is 194 Å². The zero-order valence-electron chi connectivity index (χ0n) is 17.9. The van der Waals surface area contributed by atoms with Gasteiger partial charge in [0, 0.05) is 19.6 Å². The van der Waals surface area contributed by atoms with E-state index in [1.807, 2.05) is 55.4 Å². The first-order chi connectivity index (χ1) is 15.3. The van der Waals surface area contributed by atoms with Crippen LogP contribution in [0.25, 0.3) is 0 Å². The van der Waals surface area contributed by atoms with Crippen LogP contribution in [-0.4, -0.2) is 44.8 Å². The van der Waals surface area contributed by atoms with Crippen molar-refractivity contribution < 1.29 is 13.2 Å². The highest BCUT2D eigenvalue weighted by molar-refractivity contribution is 7.89. The molecule has 0 atom stereocenters.